The van der Waals surface area contributed by atoms with E-state index in [2.05, 4.69) is 10.6 Å². The first kappa shape index (κ1) is 28.5. The average molecular weight is 564 g/mol. The minimum Gasteiger partial charge on any atom is -0.347 e. The van der Waals surface area contributed by atoms with Gasteiger partial charge < -0.3 is 10.6 Å². The van der Waals surface area contributed by atoms with Gasteiger partial charge in [0, 0.05) is 18.1 Å². The van der Waals surface area contributed by atoms with E-state index in [4.69, 9.17) is 34.8 Å². The smallest absolute Gasteiger partial charge is 0.262 e. The number of rotatable bonds is 8. The van der Waals surface area contributed by atoms with E-state index in [0.29, 0.717) is 26.2 Å². The Morgan fingerprint density at radius 3 is 1.71 bits per heavy atom. The molecule has 0 radical (unpaired) electrons. The van der Waals surface area contributed by atoms with Crippen molar-refractivity contribution < 1.29 is 9.59 Å². The fourth-order valence-electron chi connectivity index (χ4n) is 3.34. The Hall–Kier alpha value is -4.07. The molecule has 2 N–H and O–H groups in total. The van der Waals surface area contributed by atoms with Crippen LogP contribution in [0.4, 0.5) is 0 Å². The lowest BCUT2D eigenvalue weighted by atomic mass is 10.1. The fraction of sp³-hybridized carbons (Fsp3) is 0.103. The van der Waals surface area contributed by atoms with E-state index >= 15 is 0 Å². The van der Waals surface area contributed by atoms with Gasteiger partial charge in [-0.3, -0.25) is 9.59 Å². The molecule has 3 rings (SSSR count). The third-order valence-corrected chi connectivity index (χ3v) is 6.54. The van der Waals surface area contributed by atoms with Crippen molar-refractivity contribution in [3.05, 3.63) is 115 Å². The zero-order chi connectivity index (χ0) is 27.7. The number of hydrogen-bond acceptors (Lipinski definition) is 4. The van der Waals surface area contributed by atoms with E-state index in [1.807, 2.05) is 43.3 Å². The van der Waals surface area contributed by atoms with Gasteiger partial charge in [-0.25, -0.2) is 0 Å². The number of carbonyl (C=O) groups is 2. The molecule has 0 aromatic heterocycles. The Morgan fingerprint density at radius 1 is 0.737 bits per heavy atom. The molecule has 0 aliphatic heterocycles. The maximum Gasteiger partial charge on any atom is 0.262 e. The van der Waals surface area contributed by atoms with Crippen molar-refractivity contribution in [1.29, 1.82) is 10.5 Å². The van der Waals surface area contributed by atoms with Crippen LogP contribution >= 0.6 is 34.8 Å². The van der Waals surface area contributed by atoms with E-state index < -0.39 is 11.8 Å². The molecule has 3 aromatic rings. The van der Waals surface area contributed by atoms with Crippen molar-refractivity contribution in [1.82, 2.24) is 10.6 Å². The number of carbonyl (C=O) groups excluding carboxylic acids is 2. The summed E-state index contributed by atoms with van der Waals surface area (Å²) in [5.41, 5.74) is 3.52. The van der Waals surface area contributed by atoms with Crippen molar-refractivity contribution in [2.45, 2.75) is 20.0 Å². The maximum absolute atomic E-state index is 12.6. The number of benzene rings is 3. The van der Waals surface area contributed by atoms with Crippen molar-refractivity contribution >= 4 is 58.8 Å². The molecule has 2 amide bonds. The highest BCUT2D eigenvalue weighted by Crippen LogP contribution is 2.24. The summed E-state index contributed by atoms with van der Waals surface area (Å²) >= 11 is 18.0. The van der Waals surface area contributed by atoms with Crippen molar-refractivity contribution in [3.63, 3.8) is 0 Å². The zero-order valence-corrected chi connectivity index (χ0v) is 22.5. The van der Waals surface area contributed by atoms with Gasteiger partial charge in [0.1, 0.15) is 23.3 Å². The molecule has 0 fully saturated rings. The zero-order valence-electron chi connectivity index (χ0n) is 20.2. The first-order chi connectivity index (χ1) is 18.2. The van der Waals surface area contributed by atoms with Crippen LogP contribution in [0.3, 0.4) is 0 Å². The van der Waals surface area contributed by atoms with Crippen molar-refractivity contribution in [2.75, 3.05) is 0 Å². The third-order valence-electron chi connectivity index (χ3n) is 5.39. The predicted molar refractivity (Wildman–Crippen MR) is 150 cm³/mol. The van der Waals surface area contributed by atoms with Crippen LogP contribution in [-0.2, 0) is 22.7 Å². The van der Waals surface area contributed by atoms with Gasteiger partial charge in [-0.15, -0.1) is 0 Å². The summed E-state index contributed by atoms with van der Waals surface area (Å²) in [6.07, 6.45) is 2.90. The molecule has 0 bridgehead atoms. The minimum atomic E-state index is -0.544. The van der Waals surface area contributed by atoms with Gasteiger partial charge in [-0.1, -0.05) is 77.3 Å². The summed E-state index contributed by atoms with van der Waals surface area (Å²) in [7, 11) is 0. The predicted octanol–water partition coefficient (Wildman–Crippen LogP) is 6.40. The van der Waals surface area contributed by atoms with Crippen molar-refractivity contribution in [3.8, 4) is 12.1 Å². The molecule has 0 unspecified atom stereocenters. The molecule has 0 heterocycles. The second kappa shape index (κ2) is 13.5. The van der Waals surface area contributed by atoms with Crippen LogP contribution in [0.1, 0.15) is 27.8 Å². The molecular formula is C29H21Cl3N4O2. The lowest BCUT2D eigenvalue weighted by molar-refractivity contribution is -0.118. The summed E-state index contributed by atoms with van der Waals surface area (Å²) in [4.78, 5) is 25.1. The van der Waals surface area contributed by atoms with E-state index in [1.165, 1.54) is 12.2 Å². The van der Waals surface area contributed by atoms with Gasteiger partial charge >= 0.3 is 0 Å². The van der Waals surface area contributed by atoms with Gasteiger partial charge in [-0.2, -0.15) is 10.5 Å². The van der Waals surface area contributed by atoms with E-state index in [0.717, 1.165) is 16.7 Å². The fourth-order valence-corrected chi connectivity index (χ4v) is 3.83. The third kappa shape index (κ3) is 7.96. The quantitative estimate of drug-likeness (QED) is 0.244. The summed E-state index contributed by atoms with van der Waals surface area (Å²) in [5.74, 6) is -1.06. The lowest BCUT2D eigenvalue weighted by Gasteiger charge is -2.09. The van der Waals surface area contributed by atoms with Gasteiger partial charge in [0.15, 0.2) is 0 Å². The monoisotopic (exact) mass is 562 g/mol. The molecule has 190 valence electrons. The Labute approximate surface area is 235 Å². The minimum absolute atomic E-state index is 0.0499. The molecule has 0 atom stereocenters. The van der Waals surface area contributed by atoms with E-state index in [1.54, 1.807) is 36.4 Å². The summed E-state index contributed by atoms with van der Waals surface area (Å²) in [6.45, 7) is 2.21. The Kier molecular flexibility index (Phi) is 10.1. The number of nitrogens with one attached hydrogen (secondary N) is 2. The SMILES string of the molecule is Cc1ccc(/C=C(/C#N)C(=O)NCc2cccc(CNC(=O)/C(C#N)=C\c3ccc(Cl)c(Cl)c3)c2)cc1Cl. The number of amides is 2. The molecule has 0 aliphatic rings. The summed E-state index contributed by atoms with van der Waals surface area (Å²) in [5, 5.41) is 25.5. The largest absolute Gasteiger partial charge is 0.347 e. The Bertz CT molecular complexity index is 1420. The molecule has 9 heteroatoms. The highest BCUT2D eigenvalue weighted by atomic mass is 35.5. The standard InChI is InChI=1S/C29H21Cl3N4O2/c1-18-5-6-19(12-26(18)31)10-23(14-33)28(37)35-16-21-3-2-4-22(9-21)17-36-29(38)24(15-34)11-20-7-8-25(30)27(32)13-20/h2-13H,16-17H2,1H3,(H,35,37)(H,36,38)/b23-10-,24-11-. The first-order valence-electron chi connectivity index (χ1n) is 11.3. The first-order valence-corrected chi connectivity index (χ1v) is 12.4. The lowest BCUT2D eigenvalue weighted by Crippen LogP contribution is -2.25. The van der Waals surface area contributed by atoms with Crippen molar-refractivity contribution in [2.24, 2.45) is 0 Å². The average Bonchev–Trinajstić information content (AvgIpc) is 2.91. The number of halogens is 3. The Balaban J connectivity index is 1.61. The normalized spacial score (nSPS) is 11.3. The van der Waals surface area contributed by atoms with Crippen LogP contribution in [0.2, 0.25) is 15.1 Å². The molecule has 0 saturated heterocycles. The molecule has 0 spiro atoms. The molecule has 0 saturated carbocycles. The van der Waals surface area contributed by atoms with Crippen LogP contribution in [0.25, 0.3) is 12.2 Å². The van der Waals surface area contributed by atoms with Gasteiger partial charge in [0.2, 0.25) is 0 Å². The van der Waals surface area contributed by atoms with Gasteiger partial charge in [-0.05, 0) is 65.1 Å². The number of hydrogen-bond donors (Lipinski definition) is 2. The van der Waals surface area contributed by atoms with E-state index in [-0.39, 0.29) is 24.2 Å². The highest BCUT2D eigenvalue weighted by molar-refractivity contribution is 6.42. The second-order valence-corrected chi connectivity index (χ2v) is 9.43. The molecule has 0 aliphatic carbocycles. The topological polar surface area (TPSA) is 106 Å². The maximum atomic E-state index is 12.6. The number of nitriles is 2. The highest BCUT2D eigenvalue weighted by Gasteiger charge is 2.11. The summed E-state index contributed by atoms with van der Waals surface area (Å²) < 4.78 is 0. The number of nitrogens with zero attached hydrogens (tertiary/aromatic N) is 2. The van der Waals surface area contributed by atoms with Crippen LogP contribution in [-0.4, -0.2) is 11.8 Å². The van der Waals surface area contributed by atoms with Crippen LogP contribution in [0.5, 0.6) is 0 Å². The number of aryl methyl sites for hydroxylation is 1. The molecule has 3 aromatic carbocycles. The molecule has 38 heavy (non-hydrogen) atoms. The van der Waals surface area contributed by atoms with Gasteiger partial charge in [0.25, 0.3) is 11.8 Å². The second-order valence-electron chi connectivity index (χ2n) is 8.21. The van der Waals surface area contributed by atoms with E-state index in [9.17, 15) is 20.1 Å². The molecule has 6 nitrogen and oxygen atoms in total. The van der Waals surface area contributed by atoms with Crippen LogP contribution in [0.15, 0.2) is 71.8 Å². The van der Waals surface area contributed by atoms with Gasteiger partial charge in [0.05, 0.1) is 10.0 Å². The van der Waals surface area contributed by atoms with Crippen LogP contribution < -0.4 is 10.6 Å². The van der Waals surface area contributed by atoms with Crippen LogP contribution in [0, 0.1) is 29.6 Å². The summed E-state index contributed by atoms with van der Waals surface area (Å²) in [6, 6.07) is 21.1. The molecular weight excluding hydrogens is 543 g/mol. The Morgan fingerprint density at radius 2 is 1.24 bits per heavy atom.